The number of para-hydroxylation sites is 1. The Kier molecular flexibility index (Phi) is 2.75. The number of rotatable bonds is 2. The molecule has 2 aromatic carbocycles. The van der Waals surface area contributed by atoms with Crippen LogP contribution >= 0.6 is 0 Å². The lowest BCUT2D eigenvalue weighted by Gasteiger charge is -2.04. The molecule has 1 heterocycles. The van der Waals surface area contributed by atoms with Crippen molar-refractivity contribution in [2.24, 2.45) is 0 Å². The lowest BCUT2D eigenvalue weighted by Crippen LogP contribution is -1.95. The fraction of sp³-hybridized carbons (Fsp3) is 0. The Morgan fingerprint density at radius 1 is 1.05 bits per heavy atom. The Balaban J connectivity index is 2.27. The first kappa shape index (κ1) is 12.3. The number of carboxylic acid groups (broad SMARTS) is 1. The SMILES string of the molecule is O=C(O)c1cc2cccc(-c3cc(F)cc(F)c3)c2[nH]1. The Morgan fingerprint density at radius 2 is 1.75 bits per heavy atom. The summed E-state index contributed by atoms with van der Waals surface area (Å²) in [7, 11) is 0. The van der Waals surface area contributed by atoms with Crippen LogP contribution < -0.4 is 0 Å². The fourth-order valence-electron chi connectivity index (χ4n) is 2.22. The van der Waals surface area contributed by atoms with E-state index in [9.17, 15) is 13.6 Å². The van der Waals surface area contributed by atoms with E-state index in [2.05, 4.69) is 4.98 Å². The number of carbonyl (C=O) groups is 1. The Bertz CT molecular complexity index is 804. The normalized spacial score (nSPS) is 10.9. The third-order valence-electron chi connectivity index (χ3n) is 3.06. The molecule has 0 unspecified atom stereocenters. The number of aromatic carboxylic acids is 1. The summed E-state index contributed by atoms with van der Waals surface area (Å²) < 4.78 is 26.6. The number of benzene rings is 2. The molecular weight excluding hydrogens is 264 g/mol. The minimum Gasteiger partial charge on any atom is -0.477 e. The van der Waals surface area contributed by atoms with Gasteiger partial charge in [0, 0.05) is 17.0 Å². The van der Waals surface area contributed by atoms with Gasteiger partial charge < -0.3 is 10.1 Å². The fourth-order valence-corrected chi connectivity index (χ4v) is 2.22. The number of H-pyrrole nitrogens is 1. The molecule has 0 radical (unpaired) electrons. The maximum Gasteiger partial charge on any atom is 0.352 e. The molecule has 0 bridgehead atoms. The summed E-state index contributed by atoms with van der Waals surface area (Å²) in [6.45, 7) is 0. The van der Waals surface area contributed by atoms with E-state index in [0.717, 1.165) is 6.07 Å². The van der Waals surface area contributed by atoms with Crippen LogP contribution in [0.15, 0.2) is 42.5 Å². The van der Waals surface area contributed by atoms with Crippen LogP contribution in [0.3, 0.4) is 0 Å². The van der Waals surface area contributed by atoms with Gasteiger partial charge in [0.1, 0.15) is 17.3 Å². The molecule has 0 saturated heterocycles. The molecule has 0 spiro atoms. The molecule has 2 N–H and O–H groups in total. The van der Waals surface area contributed by atoms with Gasteiger partial charge in [-0.25, -0.2) is 13.6 Å². The van der Waals surface area contributed by atoms with Gasteiger partial charge in [0.15, 0.2) is 0 Å². The van der Waals surface area contributed by atoms with E-state index in [0.29, 0.717) is 22.0 Å². The zero-order valence-corrected chi connectivity index (χ0v) is 10.2. The number of aromatic amines is 1. The number of hydrogen-bond acceptors (Lipinski definition) is 1. The second kappa shape index (κ2) is 4.45. The van der Waals surface area contributed by atoms with Gasteiger partial charge in [-0.15, -0.1) is 0 Å². The van der Waals surface area contributed by atoms with Crippen molar-refractivity contribution in [2.75, 3.05) is 0 Å². The molecule has 0 saturated carbocycles. The molecule has 5 heteroatoms. The van der Waals surface area contributed by atoms with Crippen LogP contribution in [0.25, 0.3) is 22.0 Å². The van der Waals surface area contributed by atoms with E-state index in [1.54, 1.807) is 18.2 Å². The first-order valence-corrected chi connectivity index (χ1v) is 5.86. The van der Waals surface area contributed by atoms with E-state index < -0.39 is 17.6 Å². The maximum absolute atomic E-state index is 13.3. The van der Waals surface area contributed by atoms with Crippen LogP contribution in [-0.4, -0.2) is 16.1 Å². The molecule has 0 aliphatic carbocycles. The predicted octanol–water partition coefficient (Wildman–Crippen LogP) is 3.81. The van der Waals surface area contributed by atoms with Crippen molar-refractivity contribution < 1.29 is 18.7 Å². The summed E-state index contributed by atoms with van der Waals surface area (Å²) in [6, 6.07) is 9.81. The first-order valence-electron chi connectivity index (χ1n) is 5.86. The van der Waals surface area contributed by atoms with Gasteiger partial charge in [0.2, 0.25) is 0 Å². The van der Waals surface area contributed by atoms with Crippen molar-refractivity contribution in [3.8, 4) is 11.1 Å². The Labute approximate surface area is 112 Å². The van der Waals surface area contributed by atoms with Crippen LogP contribution in [0, 0.1) is 11.6 Å². The zero-order chi connectivity index (χ0) is 14.3. The molecule has 0 atom stereocenters. The zero-order valence-electron chi connectivity index (χ0n) is 10.2. The molecule has 20 heavy (non-hydrogen) atoms. The Morgan fingerprint density at radius 3 is 2.40 bits per heavy atom. The number of nitrogens with one attached hydrogen (secondary N) is 1. The molecule has 1 aromatic heterocycles. The second-order valence-electron chi connectivity index (χ2n) is 4.42. The van der Waals surface area contributed by atoms with Gasteiger partial charge in [0.05, 0.1) is 5.52 Å². The number of aromatic nitrogens is 1. The summed E-state index contributed by atoms with van der Waals surface area (Å²) in [5.74, 6) is -2.44. The van der Waals surface area contributed by atoms with Crippen LogP contribution in [0.2, 0.25) is 0 Å². The van der Waals surface area contributed by atoms with Gasteiger partial charge in [-0.2, -0.15) is 0 Å². The second-order valence-corrected chi connectivity index (χ2v) is 4.42. The van der Waals surface area contributed by atoms with Crippen LogP contribution in [-0.2, 0) is 0 Å². The quantitative estimate of drug-likeness (QED) is 0.746. The average Bonchev–Trinajstić information content (AvgIpc) is 2.81. The van der Waals surface area contributed by atoms with E-state index in [4.69, 9.17) is 5.11 Å². The highest BCUT2D eigenvalue weighted by Gasteiger charge is 2.12. The van der Waals surface area contributed by atoms with E-state index >= 15 is 0 Å². The molecule has 3 rings (SSSR count). The number of hydrogen-bond donors (Lipinski definition) is 2. The standard InChI is InChI=1S/C15H9F2NO2/c16-10-4-9(5-11(17)7-10)12-3-1-2-8-6-13(15(19)20)18-14(8)12/h1-7,18H,(H,19,20). The van der Waals surface area contributed by atoms with E-state index in [-0.39, 0.29) is 5.69 Å². The maximum atomic E-state index is 13.3. The molecular formula is C15H9F2NO2. The molecule has 3 aromatic rings. The van der Waals surface area contributed by atoms with Crippen molar-refractivity contribution in [1.82, 2.24) is 4.98 Å². The van der Waals surface area contributed by atoms with Crippen molar-refractivity contribution >= 4 is 16.9 Å². The third kappa shape index (κ3) is 2.03. The van der Waals surface area contributed by atoms with Crippen LogP contribution in [0.1, 0.15) is 10.5 Å². The number of fused-ring (bicyclic) bond motifs is 1. The third-order valence-corrected chi connectivity index (χ3v) is 3.06. The summed E-state index contributed by atoms with van der Waals surface area (Å²) >= 11 is 0. The van der Waals surface area contributed by atoms with Crippen molar-refractivity contribution in [3.05, 3.63) is 59.8 Å². The first-order chi connectivity index (χ1) is 9.54. The van der Waals surface area contributed by atoms with Crippen molar-refractivity contribution in [2.45, 2.75) is 0 Å². The van der Waals surface area contributed by atoms with E-state index in [1.165, 1.54) is 18.2 Å². The predicted molar refractivity (Wildman–Crippen MR) is 70.6 cm³/mol. The highest BCUT2D eigenvalue weighted by molar-refractivity contribution is 5.99. The summed E-state index contributed by atoms with van der Waals surface area (Å²) in [6.07, 6.45) is 0. The average molecular weight is 273 g/mol. The topological polar surface area (TPSA) is 53.1 Å². The smallest absolute Gasteiger partial charge is 0.352 e. The van der Waals surface area contributed by atoms with Crippen molar-refractivity contribution in [1.29, 1.82) is 0 Å². The lowest BCUT2D eigenvalue weighted by atomic mass is 10.0. The van der Waals surface area contributed by atoms with Crippen LogP contribution in [0.4, 0.5) is 8.78 Å². The van der Waals surface area contributed by atoms with Gasteiger partial charge in [-0.1, -0.05) is 18.2 Å². The largest absolute Gasteiger partial charge is 0.477 e. The highest BCUT2D eigenvalue weighted by atomic mass is 19.1. The molecule has 0 amide bonds. The number of halogens is 2. The van der Waals surface area contributed by atoms with Crippen LogP contribution in [0.5, 0.6) is 0 Å². The minimum absolute atomic E-state index is 0.0318. The number of carboxylic acids is 1. The van der Waals surface area contributed by atoms with Gasteiger partial charge in [0.25, 0.3) is 0 Å². The summed E-state index contributed by atoms with van der Waals surface area (Å²) in [5.41, 5.74) is 1.47. The lowest BCUT2D eigenvalue weighted by molar-refractivity contribution is 0.0691. The minimum atomic E-state index is -1.09. The monoisotopic (exact) mass is 273 g/mol. The summed E-state index contributed by atoms with van der Waals surface area (Å²) in [4.78, 5) is 13.7. The molecule has 0 fully saturated rings. The van der Waals surface area contributed by atoms with Gasteiger partial charge in [-0.3, -0.25) is 0 Å². The molecule has 100 valence electrons. The van der Waals surface area contributed by atoms with E-state index in [1.807, 2.05) is 0 Å². The molecule has 3 nitrogen and oxygen atoms in total. The summed E-state index contributed by atoms with van der Waals surface area (Å²) in [5, 5.41) is 9.66. The Hall–Kier alpha value is -2.69. The van der Waals surface area contributed by atoms with Crippen molar-refractivity contribution in [3.63, 3.8) is 0 Å². The van der Waals surface area contributed by atoms with Gasteiger partial charge >= 0.3 is 5.97 Å². The van der Waals surface area contributed by atoms with Gasteiger partial charge in [-0.05, 0) is 23.8 Å². The highest BCUT2D eigenvalue weighted by Crippen LogP contribution is 2.29. The molecule has 0 aliphatic rings. The molecule has 0 aliphatic heterocycles.